The van der Waals surface area contributed by atoms with Crippen molar-refractivity contribution in [1.82, 2.24) is 0 Å². The van der Waals surface area contributed by atoms with Gasteiger partial charge in [-0.2, -0.15) is 142 Å². The topological polar surface area (TPSA) is 51.5 Å². The van der Waals surface area contributed by atoms with E-state index >= 15 is 0 Å². The molecule has 0 atom stereocenters. The number of aromatic nitrogens is 1. The summed E-state index contributed by atoms with van der Waals surface area (Å²) in [6.07, 6.45) is -30.4. The fraction of sp³-hybridized carbons (Fsp3) is 0.422. The Bertz CT molecular complexity index is 3090. The van der Waals surface area contributed by atoms with E-state index in [9.17, 15) is 116 Å². The number of nitrogens with zero attached hydrogens (tertiary/aromatic N) is 3. The summed E-state index contributed by atoms with van der Waals surface area (Å²) in [7, 11) is 0. The first-order valence-electron chi connectivity index (χ1n) is 28.8. The Labute approximate surface area is 513 Å². The Morgan fingerprint density at radius 1 is 0.348 bits per heavy atom. The molecular weight excluding hydrogens is 1280 g/mol. The lowest BCUT2D eigenvalue weighted by Crippen LogP contribution is -2.75. The summed E-state index contributed by atoms with van der Waals surface area (Å²) >= 11 is 0. The summed E-state index contributed by atoms with van der Waals surface area (Å²) in [6.45, 7) is 2.89. The van der Waals surface area contributed by atoms with Gasteiger partial charge in [0, 0.05) is 23.1 Å². The SMILES string of the molecule is CCCCCCCCCCCCCCCCCCC(C[n+]1cccc2ccccc21)=C(C#N)C#N.FC(F)(F)c1cc([B-](c2cc(C(F)(F)F)cc(C(F)(F)F)c2)(c2cc(C(F)(F)F)cc(C(F)(F)F)c2)c2cc(C(F)(F)F)cc(C(F)(F)F)c2)cc(C(F)(F)F)c1. The van der Waals surface area contributed by atoms with Crippen molar-refractivity contribution in [2.45, 2.75) is 172 Å². The van der Waals surface area contributed by atoms with Gasteiger partial charge in [-0.25, -0.2) is 0 Å². The second kappa shape index (κ2) is 30.6. The average Bonchev–Trinajstić information content (AvgIpc) is 0.709. The number of hydrogen-bond donors (Lipinski definition) is 0. The number of unbranched alkanes of at least 4 members (excludes halogenated alkanes) is 15. The van der Waals surface area contributed by atoms with E-state index in [1.54, 1.807) is 0 Å². The summed E-state index contributed by atoms with van der Waals surface area (Å²) in [5.74, 6) is 0. The first-order valence-corrected chi connectivity index (χ1v) is 28.8. The van der Waals surface area contributed by atoms with Gasteiger partial charge in [-0.15, -0.1) is 0 Å². The van der Waals surface area contributed by atoms with Crippen LogP contribution in [0.15, 0.2) is 127 Å². The Hall–Kier alpha value is -7.39. The molecule has 0 radical (unpaired) electrons. The van der Waals surface area contributed by atoms with Gasteiger partial charge in [0.25, 0.3) is 0 Å². The molecule has 1 heterocycles. The fourth-order valence-electron chi connectivity index (χ4n) is 11.0. The molecular formula is C64H58BF24N3. The first-order chi connectivity index (χ1) is 42.6. The molecule has 0 amide bonds. The molecule has 0 spiro atoms. The van der Waals surface area contributed by atoms with Crippen molar-refractivity contribution in [2.75, 3.05) is 0 Å². The third-order valence-corrected chi connectivity index (χ3v) is 15.5. The molecule has 0 N–H and O–H groups in total. The van der Waals surface area contributed by atoms with E-state index in [0.717, 1.165) is 23.9 Å². The van der Waals surface area contributed by atoms with Crippen molar-refractivity contribution >= 4 is 38.9 Å². The highest BCUT2D eigenvalue weighted by Crippen LogP contribution is 2.42. The second-order valence-electron chi connectivity index (χ2n) is 22.2. The van der Waals surface area contributed by atoms with Gasteiger partial charge in [-0.05, 0) is 49.2 Å². The fourth-order valence-corrected chi connectivity index (χ4v) is 11.0. The van der Waals surface area contributed by atoms with Gasteiger partial charge in [-0.3, -0.25) is 0 Å². The average molecular weight is 1340 g/mol. The van der Waals surface area contributed by atoms with Crippen molar-refractivity contribution in [3.63, 3.8) is 0 Å². The summed E-state index contributed by atoms with van der Waals surface area (Å²) < 4.78 is 343. The second-order valence-corrected chi connectivity index (χ2v) is 22.2. The number of para-hydroxylation sites is 1. The van der Waals surface area contributed by atoms with Gasteiger partial charge in [0.15, 0.2) is 12.7 Å². The van der Waals surface area contributed by atoms with Crippen LogP contribution in [0.2, 0.25) is 0 Å². The molecule has 1 aromatic heterocycles. The van der Waals surface area contributed by atoms with Crippen LogP contribution in [0.4, 0.5) is 105 Å². The summed E-state index contributed by atoms with van der Waals surface area (Å²) in [4.78, 5) is 0. The number of halogens is 24. The molecule has 0 aliphatic heterocycles. The minimum absolute atomic E-state index is 0.284. The van der Waals surface area contributed by atoms with Gasteiger partial charge in [0.2, 0.25) is 5.52 Å². The van der Waals surface area contributed by atoms with E-state index < -0.39 is 195 Å². The van der Waals surface area contributed by atoms with Crippen molar-refractivity contribution < 1.29 is 110 Å². The van der Waals surface area contributed by atoms with Gasteiger partial charge in [0.1, 0.15) is 23.9 Å². The number of pyridine rings is 1. The van der Waals surface area contributed by atoms with Crippen LogP contribution in [0, 0.1) is 22.7 Å². The number of allylic oxidation sites excluding steroid dienone is 2. The third-order valence-electron chi connectivity index (χ3n) is 15.5. The lowest BCUT2D eigenvalue weighted by Gasteiger charge is -2.46. The maximum Gasteiger partial charge on any atom is 0.416 e. The molecule has 0 saturated carbocycles. The van der Waals surface area contributed by atoms with Crippen molar-refractivity contribution in [2.24, 2.45) is 0 Å². The Balaban J connectivity index is 0.000000375. The predicted octanol–water partition coefficient (Wildman–Crippen LogP) is 20.3. The number of hydrogen-bond acceptors (Lipinski definition) is 2. The van der Waals surface area contributed by atoms with Crippen LogP contribution in [-0.2, 0) is 56.0 Å². The predicted molar refractivity (Wildman–Crippen MR) is 297 cm³/mol. The summed E-state index contributed by atoms with van der Waals surface area (Å²) in [5, 5.41) is 20.1. The molecule has 0 aliphatic rings. The van der Waals surface area contributed by atoms with Crippen molar-refractivity contribution in [3.05, 3.63) is 171 Å². The Morgan fingerprint density at radius 3 is 0.859 bits per heavy atom. The zero-order valence-corrected chi connectivity index (χ0v) is 48.7. The molecule has 5 aromatic carbocycles. The van der Waals surface area contributed by atoms with E-state index in [-0.39, 0.29) is 5.57 Å². The van der Waals surface area contributed by atoms with Gasteiger partial charge in [-0.1, -0.05) is 164 Å². The molecule has 28 heteroatoms. The van der Waals surface area contributed by atoms with E-state index in [2.05, 4.69) is 41.8 Å². The van der Waals surface area contributed by atoms with Crippen LogP contribution >= 0.6 is 0 Å². The molecule has 3 nitrogen and oxygen atoms in total. The quantitative estimate of drug-likeness (QED) is 0.0211. The lowest BCUT2D eigenvalue weighted by atomic mass is 9.12. The number of alkyl halides is 24. The third kappa shape index (κ3) is 20.6. The lowest BCUT2D eigenvalue weighted by molar-refractivity contribution is -0.663. The number of nitriles is 2. The number of rotatable bonds is 23. The molecule has 500 valence electrons. The monoisotopic (exact) mass is 1340 g/mol. The maximum atomic E-state index is 14.2. The van der Waals surface area contributed by atoms with E-state index in [1.807, 2.05) is 24.4 Å². The minimum atomic E-state index is -6.13. The first kappa shape index (κ1) is 75.3. The van der Waals surface area contributed by atoms with Crippen molar-refractivity contribution in [1.29, 1.82) is 10.5 Å². The molecule has 0 bridgehead atoms. The zero-order valence-electron chi connectivity index (χ0n) is 48.7. The van der Waals surface area contributed by atoms with Crippen LogP contribution in [-0.4, -0.2) is 6.15 Å². The molecule has 0 aliphatic carbocycles. The van der Waals surface area contributed by atoms with Crippen molar-refractivity contribution in [3.8, 4) is 12.1 Å². The van der Waals surface area contributed by atoms with E-state index in [4.69, 9.17) is 0 Å². The van der Waals surface area contributed by atoms with Crippen LogP contribution in [0.25, 0.3) is 10.9 Å². The molecule has 6 aromatic rings. The molecule has 0 fully saturated rings. The van der Waals surface area contributed by atoms with Crippen LogP contribution in [0.1, 0.15) is 161 Å². The molecule has 6 rings (SSSR count). The number of benzene rings is 5. The van der Waals surface area contributed by atoms with Crippen LogP contribution in [0.5, 0.6) is 0 Å². The smallest absolute Gasteiger partial charge is 0.194 e. The molecule has 0 unspecified atom stereocenters. The van der Waals surface area contributed by atoms with Gasteiger partial charge >= 0.3 is 49.4 Å². The minimum Gasteiger partial charge on any atom is -0.194 e. The van der Waals surface area contributed by atoms with Crippen LogP contribution in [0.3, 0.4) is 0 Å². The normalized spacial score (nSPS) is 12.9. The molecule has 92 heavy (non-hydrogen) atoms. The highest BCUT2D eigenvalue weighted by Gasteiger charge is 2.47. The zero-order chi connectivity index (χ0) is 68.9. The Kier molecular flexibility index (Phi) is 25.0. The summed E-state index contributed by atoms with van der Waals surface area (Å²) in [6, 6.07) is 7.85. The largest absolute Gasteiger partial charge is 0.416 e. The summed E-state index contributed by atoms with van der Waals surface area (Å²) in [5.41, 5.74) is -27.8. The van der Waals surface area contributed by atoms with Crippen LogP contribution < -0.4 is 26.4 Å². The highest BCUT2D eigenvalue weighted by atomic mass is 19.4. The number of fused-ring (bicyclic) bond motifs is 1. The van der Waals surface area contributed by atoms with Gasteiger partial charge in [0.05, 0.1) is 44.5 Å². The highest BCUT2D eigenvalue weighted by molar-refractivity contribution is 7.20. The van der Waals surface area contributed by atoms with E-state index in [0.29, 0.717) is 6.54 Å². The van der Waals surface area contributed by atoms with Gasteiger partial charge < -0.3 is 0 Å². The standard InChI is InChI=1S/C32H12BF24.C32H46N3/c34-25(35,36)13-1-14(26(37,38)39)6-21(5-13)33(22-7-15(27(40,41)42)2-16(8-22)28(43,44)45,23-9-17(29(46,47)48)3-18(10-23)30(49,50)51)24-11-19(31(52,53)54)4-20(12-24)32(55,56)57;1-2-3-4-5-6-7-8-9-10-11-12-13-14-15-16-17-22-30(31(26-33)27-34)28-35-25-20-23-29-21-18-19-24-32(29)35/h1-12H;18-21,23-25H,2-17,22,28H2,1H3/q-1;+1. The Morgan fingerprint density at radius 2 is 0.598 bits per heavy atom. The van der Waals surface area contributed by atoms with E-state index in [1.165, 1.54) is 102 Å². The molecule has 0 saturated heterocycles. The maximum absolute atomic E-state index is 14.2.